The fourth-order valence-corrected chi connectivity index (χ4v) is 8.60. The van der Waals surface area contributed by atoms with Crippen LogP contribution in [0.15, 0.2) is 34.3 Å². The highest BCUT2D eigenvalue weighted by Crippen LogP contribution is 2.60. The topological polar surface area (TPSA) is 112 Å². The van der Waals surface area contributed by atoms with Crippen LogP contribution in [0.25, 0.3) is 0 Å². The lowest BCUT2D eigenvalue weighted by molar-refractivity contribution is -0.0773. The summed E-state index contributed by atoms with van der Waals surface area (Å²) in [6.07, 6.45) is 9.67. The Kier molecular flexibility index (Phi) is 8.10. The Morgan fingerprint density at radius 2 is 1.82 bits per heavy atom. The van der Waals surface area contributed by atoms with Gasteiger partial charge in [-0.3, -0.25) is 0 Å². The maximum absolute atomic E-state index is 9.82. The minimum Gasteiger partial charge on any atom is -0.372 e. The Morgan fingerprint density at radius 3 is 2.55 bits per heavy atom. The third-order valence-corrected chi connectivity index (χ3v) is 10.4. The molecule has 8 heteroatoms. The van der Waals surface area contributed by atoms with Gasteiger partial charge in [-0.05, 0) is 99.3 Å². The molecule has 0 spiro atoms. The minimum atomic E-state index is -0.300. The molecule has 2 aliphatic heterocycles. The first-order chi connectivity index (χ1) is 19.5. The molecule has 4 saturated carbocycles. The van der Waals surface area contributed by atoms with Gasteiger partial charge >= 0.3 is 0 Å². The number of rotatable bonds is 8. The van der Waals surface area contributed by atoms with Crippen LogP contribution in [0.1, 0.15) is 62.5 Å². The molecule has 6 atom stereocenters. The van der Waals surface area contributed by atoms with E-state index < -0.39 is 0 Å². The lowest BCUT2D eigenvalue weighted by Crippen LogP contribution is -2.62. The molecule has 1 aromatic rings. The van der Waals surface area contributed by atoms with E-state index in [1.807, 2.05) is 0 Å². The third-order valence-electron chi connectivity index (χ3n) is 10.4. The fourth-order valence-electron chi connectivity index (χ4n) is 8.60. The maximum atomic E-state index is 9.82. The van der Waals surface area contributed by atoms with Crippen LogP contribution in [0.2, 0.25) is 0 Å². The van der Waals surface area contributed by atoms with Crippen LogP contribution in [0.5, 0.6) is 0 Å². The second kappa shape index (κ2) is 11.9. The Labute approximate surface area is 239 Å². The van der Waals surface area contributed by atoms with E-state index in [4.69, 9.17) is 10.3 Å². The van der Waals surface area contributed by atoms with Crippen LogP contribution in [-0.4, -0.2) is 61.5 Å². The van der Waals surface area contributed by atoms with E-state index in [1.165, 1.54) is 56.1 Å². The number of nitrogens with zero attached hydrogens (tertiary/aromatic N) is 5. The van der Waals surface area contributed by atoms with Gasteiger partial charge in [0.1, 0.15) is 11.8 Å². The number of piperidine rings is 1. The van der Waals surface area contributed by atoms with Gasteiger partial charge in [0.2, 0.25) is 5.96 Å². The monoisotopic (exact) mass is 540 g/mol. The molecule has 4 bridgehead atoms. The average Bonchev–Trinajstić information content (AvgIpc) is 2.97. The van der Waals surface area contributed by atoms with Gasteiger partial charge in [-0.25, -0.2) is 4.99 Å². The molecule has 212 valence electrons. The predicted octanol–water partition coefficient (Wildman–Crippen LogP) is 3.74. The molecule has 2 heterocycles. The highest BCUT2D eigenvalue weighted by Gasteiger charge is 2.55. The molecule has 4 aliphatic carbocycles. The van der Waals surface area contributed by atoms with Gasteiger partial charge in [0.15, 0.2) is 0 Å². The van der Waals surface area contributed by atoms with Gasteiger partial charge in [-0.1, -0.05) is 24.3 Å². The van der Waals surface area contributed by atoms with E-state index in [-0.39, 0.29) is 5.92 Å². The third kappa shape index (κ3) is 5.90. The van der Waals surface area contributed by atoms with Gasteiger partial charge < -0.3 is 20.9 Å². The molecule has 0 amide bonds. The van der Waals surface area contributed by atoms with Gasteiger partial charge in [0.05, 0.1) is 18.7 Å². The second-order valence-electron chi connectivity index (χ2n) is 13.2. The molecular weight excluding hydrogens is 496 g/mol. The van der Waals surface area contributed by atoms with E-state index in [0.29, 0.717) is 43.0 Å². The van der Waals surface area contributed by atoms with Gasteiger partial charge in [0.25, 0.3) is 0 Å². The second-order valence-corrected chi connectivity index (χ2v) is 13.2. The first-order valence-corrected chi connectivity index (χ1v) is 15.4. The van der Waals surface area contributed by atoms with Gasteiger partial charge in [0, 0.05) is 38.1 Å². The number of nitrogens with one attached hydrogen (secondary N) is 3. The van der Waals surface area contributed by atoms with Crippen LogP contribution in [-0.2, 0) is 6.54 Å². The minimum absolute atomic E-state index is 0.300. The highest BCUT2D eigenvalue weighted by atomic mass is 15.2. The standard InChI is InChI=1S/C32H44N8/c1-22-5-2-3-6-24(22)19-35-31-36-20-27(18-34)30(39-31)37-21-32-15-23-13-25(16-32)29(26(14-23)17-32)38-28-7-11-40(12-8-28)10-4-9-33/h2-3,5-6,23,25-29,38H,4,7-8,10-17,19-21H2,1H3,(H2,35,36,37,39)/t23?,25-,26+,27?,29-,32-. The van der Waals surface area contributed by atoms with Crippen molar-refractivity contribution >= 4 is 11.8 Å². The van der Waals surface area contributed by atoms with E-state index in [0.717, 1.165) is 49.8 Å². The summed E-state index contributed by atoms with van der Waals surface area (Å²) in [5.74, 6) is 3.49. The van der Waals surface area contributed by atoms with Crippen molar-refractivity contribution in [2.24, 2.45) is 39.1 Å². The van der Waals surface area contributed by atoms with Crippen LogP contribution in [0, 0.1) is 58.7 Å². The zero-order chi connectivity index (χ0) is 27.5. The summed E-state index contributed by atoms with van der Waals surface area (Å²) in [5.41, 5.74) is 2.80. The summed E-state index contributed by atoms with van der Waals surface area (Å²) >= 11 is 0. The Hall–Kier alpha value is -2.94. The largest absolute Gasteiger partial charge is 0.372 e. The van der Waals surface area contributed by atoms with Crippen molar-refractivity contribution in [2.45, 2.75) is 76.9 Å². The Morgan fingerprint density at radius 1 is 1.05 bits per heavy atom. The number of hydrogen-bond acceptors (Lipinski definition) is 8. The molecule has 1 saturated heterocycles. The molecule has 0 radical (unpaired) electrons. The van der Waals surface area contributed by atoms with E-state index >= 15 is 0 Å². The maximum Gasteiger partial charge on any atom is 0.220 e. The Balaban J connectivity index is 1.05. The first-order valence-electron chi connectivity index (χ1n) is 15.4. The summed E-state index contributed by atoms with van der Waals surface area (Å²) in [6, 6.07) is 14.3. The highest BCUT2D eigenvalue weighted by molar-refractivity contribution is 6.00. The average molecular weight is 541 g/mol. The van der Waals surface area contributed by atoms with Crippen molar-refractivity contribution in [1.82, 2.24) is 20.9 Å². The number of nitriles is 2. The van der Waals surface area contributed by atoms with E-state index in [1.54, 1.807) is 0 Å². The van der Waals surface area contributed by atoms with Crippen molar-refractivity contribution in [3.63, 3.8) is 0 Å². The smallest absolute Gasteiger partial charge is 0.220 e. The first kappa shape index (κ1) is 27.2. The van der Waals surface area contributed by atoms with E-state index in [2.05, 4.69) is 69.2 Å². The van der Waals surface area contributed by atoms with Crippen LogP contribution >= 0.6 is 0 Å². The van der Waals surface area contributed by atoms with E-state index in [9.17, 15) is 5.26 Å². The van der Waals surface area contributed by atoms with Crippen LogP contribution < -0.4 is 16.0 Å². The quantitative estimate of drug-likeness (QED) is 0.463. The number of hydrogen-bond donors (Lipinski definition) is 3. The molecule has 7 rings (SSSR count). The van der Waals surface area contributed by atoms with Crippen LogP contribution in [0.3, 0.4) is 0 Å². The van der Waals surface area contributed by atoms with Gasteiger partial charge in [-0.2, -0.15) is 15.5 Å². The zero-order valence-electron chi connectivity index (χ0n) is 23.9. The lowest BCUT2D eigenvalue weighted by atomic mass is 9.47. The molecule has 6 aliphatic rings. The van der Waals surface area contributed by atoms with Crippen molar-refractivity contribution in [3.8, 4) is 12.1 Å². The number of likely N-dealkylation sites (tertiary alicyclic amines) is 1. The molecule has 40 heavy (non-hydrogen) atoms. The lowest BCUT2D eigenvalue weighted by Gasteiger charge is -2.61. The van der Waals surface area contributed by atoms with Gasteiger partial charge in [-0.15, -0.1) is 0 Å². The van der Waals surface area contributed by atoms with Crippen molar-refractivity contribution in [1.29, 1.82) is 10.5 Å². The number of benzene rings is 1. The van der Waals surface area contributed by atoms with Crippen molar-refractivity contribution < 1.29 is 0 Å². The SMILES string of the molecule is Cc1ccccc1CNC1=NCC(C#N)C(NC[C@]23CC4C[C@H](C2)[C@@H](NC2CCN(CCC#N)CC2)[C@@H](C4)C3)=N1. The number of amidine groups is 1. The normalized spacial score (nSPS) is 33.5. The Bertz CT molecular complexity index is 1180. The summed E-state index contributed by atoms with van der Waals surface area (Å²) in [4.78, 5) is 11.8. The molecule has 1 aromatic carbocycles. The van der Waals surface area contributed by atoms with Crippen molar-refractivity contribution in [2.75, 3.05) is 32.7 Å². The predicted molar refractivity (Wildman–Crippen MR) is 157 cm³/mol. The van der Waals surface area contributed by atoms with Crippen molar-refractivity contribution in [3.05, 3.63) is 35.4 Å². The molecule has 0 aromatic heterocycles. The molecule has 5 fully saturated rings. The molecule has 8 nitrogen and oxygen atoms in total. The summed E-state index contributed by atoms with van der Waals surface area (Å²) in [6.45, 7) is 7.33. The number of guanidine groups is 1. The fraction of sp³-hybridized carbons (Fsp3) is 0.688. The molecule has 3 N–H and O–H groups in total. The summed E-state index contributed by atoms with van der Waals surface area (Å²) < 4.78 is 0. The zero-order valence-corrected chi connectivity index (χ0v) is 23.9. The van der Waals surface area contributed by atoms with Crippen LogP contribution in [0.4, 0.5) is 0 Å². The molecular formula is C32H44N8. The summed E-state index contributed by atoms with van der Waals surface area (Å²) in [5, 5.41) is 30.0. The molecule has 2 unspecified atom stereocenters. The number of aliphatic imine (C=N–C) groups is 2. The number of aryl methyl sites for hydroxylation is 1. The summed E-state index contributed by atoms with van der Waals surface area (Å²) in [7, 11) is 0.